The van der Waals surface area contributed by atoms with Crippen molar-refractivity contribution in [2.24, 2.45) is 0 Å². The second kappa shape index (κ2) is 11.1. The fraction of sp³-hybridized carbons (Fsp3) is 0.483. The molecule has 8 heteroatoms. The molecule has 0 aromatic heterocycles. The lowest BCUT2D eigenvalue weighted by molar-refractivity contribution is -0.119. The lowest BCUT2D eigenvalue weighted by Crippen LogP contribution is -2.44. The normalized spacial score (nSPS) is 15.6. The van der Waals surface area contributed by atoms with E-state index < -0.39 is 8.32 Å². The summed E-state index contributed by atoms with van der Waals surface area (Å²) in [7, 11) is 4.29. The first-order valence-electron chi connectivity index (χ1n) is 12.5. The summed E-state index contributed by atoms with van der Waals surface area (Å²) in [5.74, 6) is 3.07. The molecule has 1 aliphatic rings. The predicted molar refractivity (Wildman–Crippen MR) is 150 cm³/mol. The average molecular weight is 528 g/mol. The molecule has 37 heavy (non-hydrogen) atoms. The fourth-order valence-electron chi connectivity index (χ4n) is 4.33. The summed E-state index contributed by atoms with van der Waals surface area (Å²) in [5, 5.41) is 3.10. The van der Waals surface area contributed by atoms with E-state index in [9.17, 15) is 4.79 Å². The first-order valence-corrected chi connectivity index (χ1v) is 15.5. The van der Waals surface area contributed by atoms with Gasteiger partial charge in [-0.1, -0.05) is 32.9 Å². The summed E-state index contributed by atoms with van der Waals surface area (Å²) in [4.78, 5) is 12.1. The van der Waals surface area contributed by atoms with E-state index in [4.69, 9.17) is 23.4 Å². The number of nitrogens with one attached hydrogen (secondary N) is 1. The predicted octanol–water partition coefficient (Wildman–Crippen LogP) is 5.99. The van der Waals surface area contributed by atoms with Crippen LogP contribution < -0.4 is 28.7 Å². The highest BCUT2D eigenvalue weighted by atomic mass is 28.4. The number of benzene rings is 2. The number of ether oxygens (including phenoxy) is 4. The van der Waals surface area contributed by atoms with Gasteiger partial charge >= 0.3 is 0 Å². The van der Waals surface area contributed by atoms with Crippen LogP contribution in [0.5, 0.6) is 28.7 Å². The number of rotatable bonds is 8. The minimum absolute atomic E-state index is 0.0135. The van der Waals surface area contributed by atoms with Crippen molar-refractivity contribution in [2.75, 3.05) is 28.4 Å². The van der Waals surface area contributed by atoms with Crippen LogP contribution in [0.15, 0.2) is 30.3 Å². The summed E-state index contributed by atoms with van der Waals surface area (Å²) in [6.45, 7) is 12.7. The summed E-state index contributed by atoms with van der Waals surface area (Å²) in [6.07, 6.45) is 3.55. The Labute approximate surface area is 222 Å². The number of carbonyl (C=O) groups excluding carboxylic acids is 1. The van der Waals surface area contributed by atoms with Crippen LogP contribution in [0.25, 0.3) is 5.57 Å². The molecule has 0 spiro atoms. The highest BCUT2D eigenvalue weighted by Gasteiger charge is 2.40. The number of amides is 1. The molecule has 1 N–H and O–H groups in total. The second-order valence-corrected chi connectivity index (χ2v) is 15.6. The van der Waals surface area contributed by atoms with Gasteiger partial charge in [-0.2, -0.15) is 0 Å². The van der Waals surface area contributed by atoms with E-state index in [1.807, 2.05) is 18.2 Å². The zero-order valence-electron chi connectivity index (χ0n) is 23.8. The molecule has 2 aromatic carbocycles. The molecule has 1 amide bonds. The van der Waals surface area contributed by atoms with E-state index in [1.165, 1.54) is 0 Å². The average Bonchev–Trinajstić information content (AvgIpc) is 3.01. The third-order valence-electron chi connectivity index (χ3n) is 7.34. The van der Waals surface area contributed by atoms with Crippen molar-refractivity contribution in [2.45, 2.75) is 64.7 Å². The molecule has 0 bridgehead atoms. The highest BCUT2D eigenvalue weighted by Crippen LogP contribution is 2.47. The van der Waals surface area contributed by atoms with Gasteiger partial charge in [-0.25, -0.2) is 0 Å². The fourth-order valence-corrected chi connectivity index (χ4v) is 5.37. The van der Waals surface area contributed by atoms with E-state index in [-0.39, 0.29) is 17.0 Å². The lowest BCUT2D eigenvalue weighted by Gasteiger charge is -2.37. The van der Waals surface area contributed by atoms with Crippen molar-refractivity contribution >= 4 is 19.8 Å². The first kappa shape index (κ1) is 28.4. The monoisotopic (exact) mass is 527 g/mol. The zero-order chi connectivity index (χ0) is 27.5. The number of carbonyl (C=O) groups is 1. The number of fused-ring (bicyclic) bond motifs is 1. The summed E-state index contributed by atoms with van der Waals surface area (Å²) in [6, 6.07) is 7.74. The van der Waals surface area contributed by atoms with Gasteiger partial charge in [0.25, 0.3) is 8.32 Å². The Morgan fingerprint density at radius 2 is 1.51 bits per heavy atom. The first-order chi connectivity index (χ1) is 17.4. The van der Waals surface area contributed by atoms with Crippen LogP contribution >= 0.6 is 0 Å². The van der Waals surface area contributed by atoms with E-state index in [0.717, 1.165) is 34.4 Å². The van der Waals surface area contributed by atoms with Crippen LogP contribution in [0.1, 0.15) is 50.8 Å². The third-order valence-corrected chi connectivity index (χ3v) is 11.7. The SMILES string of the molecule is COc1cc(C2=CC(NC(C)=O)CCc3c2ccc(OC)c3O[Si](C)(C)C(C)(C)C)cc(OC)c1OC. The molecule has 0 saturated heterocycles. The third kappa shape index (κ3) is 5.90. The van der Waals surface area contributed by atoms with Crippen molar-refractivity contribution in [1.82, 2.24) is 5.32 Å². The van der Waals surface area contributed by atoms with E-state index in [2.05, 4.69) is 51.3 Å². The summed E-state index contributed by atoms with van der Waals surface area (Å²) in [5.41, 5.74) is 3.93. The van der Waals surface area contributed by atoms with Crippen LogP contribution in [0.3, 0.4) is 0 Å². The zero-order valence-corrected chi connectivity index (χ0v) is 24.8. The van der Waals surface area contributed by atoms with Crippen molar-refractivity contribution < 1.29 is 28.2 Å². The highest BCUT2D eigenvalue weighted by molar-refractivity contribution is 6.74. The molecule has 1 unspecified atom stereocenters. The molecule has 202 valence electrons. The second-order valence-electron chi connectivity index (χ2n) is 10.8. The van der Waals surface area contributed by atoms with Gasteiger partial charge in [0.1, 0.15) is 0 Å². The van der Waals surface area contributed by atoms with E-state index in [1.54, 1.807) is 35.4 Å². The number of methoxy groups -OCH3 is 4. The number of hydrogen-bond acceptors (Lipinski definition) is 6. The van der Waals surface area contributed by atoms with Gasteiger partial charge in [0.15, 0.2) is 23.0 Å². The van der Waals surface area contributed by atoms with Crippen molar-refractivity contribution in [3.05, 3.63) is 47.0 Å². The van der Waals surface area contributed by atoms with Crippen molar-refractivity contribution in [3.63, 3.8) is 0 Å². The maximum atomic E-state index is 12.1. The smallest absolute Gasteiger partial charge is 0.250 e. The molecule has 7 nitrogen and oxygen atoms in total. The minimum atomic E-state index is -2.18. The number of hydrogen-bond donors (Lipinski definition) is 1. The topological polar surface area (TPSA) is 75.3 Å². The van der Waals surface area contributed by atoms with Gasteiger partial charge in [0.2, 0.25) is 11.7 Å². The molecule has 1 aliphatic carbocycles. The molecular weight excluding hydrogens is 486 g/mol. The van der Waals surface area contributed by atoms with Gasteiger partial charge in [-0.3, -0.25) is 4.79 Å². The summed E-state index contributed by atoms with van der Waals surface area (Å²) < 4.78 is 29.5. The standard InChI is InChI=1S/C29H41NO6Si/c1-18(31)30-20-11-12-22-21(13-14-24(32-5)27(22)36-37(9,10)29(2,3)4)23(17-20)19-15-25(33-6)28(35-8)26(16-19)34-7/h13-17,20H,11-12H2,1-10H3,(H,30,31). The molecule has 0 saturated carbocycles. The molecule has 1 atom stereocenters. The Morgan fingerprint density at radius 1 is 0.919 bits per heavy atom. The molecule has 0 radical (unpaired) electrons. The van der Waals surface area contributed by atoms with Gasteiger partial charge < -0.3 is 28.7 Å². The Morgan fingerprint density at radius 3 is 2.00 bits per heavy atom. The maximum absolute atomic E-state index is 12.1. The molecule has 3 rings (SSSR count). The largest absolute Gasteiger partial charge is 0.541 e. The molecule has 2 aromatic rings. The van der Waals surface area contributed by atoms with Crippen molar-refractivity contribution in [1.29, 1.82) is 0 Å². The van der Waals surface area contributed by atoms with E-state index in [0.29, 0.717) is 29.4 Å². The Balaban J connectivity index is 2.30. The van der Waals surface area contributed by atoms with Gasteiger partial charge in [-0.15, -0.1) is 0 Å². The summed E-state index contributed by atoms with van der Waals surface area (Å²) >= 11 is 0. The van der Waals surface area contributed by atoms with Gasteiger partial charge in [0.05, 0.1) is 28.4 Å². The Kier molecular flexibility index (Phi) is 8.52. The van der Waals surface area contributed by atoms with Gasteiger partial charge in [-0.05, 0) is 65.9 Å². The van der Waals surface area contributed by atoms with Crippen LogP contribution in [0.4, 0.5) is 0 Å². The minimum Gasteiger partial charge on any atom is -0.541 e. The Hall–Kier alpha value is -3.13. The molecule has 0 aliphatic heterocycles. The lowest BCUT2D eigenvalue weighted by atomic mass is 9.92. The molecule has 0 heterocycles. The Bertz CT molecular complexity index is 1160. The van der Waals surface area contributed by atoms with Gasteiger partial charge in [0, 0.05) is 18.5 Å². The van der Waals surface area contributed by atoms with Crippen LogP contribution in [-0.4, -0.2) is 48.7 Å². The van der Waals surface area contributed by atoms with Crippen LogP contribution in [0.2, 0.25) is 18.1 Å². The molecular formula is C29H41NO6Si. The van der Waals surface area contributed by atoms with Crippen LogP contribution in [-0.2, 0) is 11.2 Å². The van der Waals surface area contributed by atoms with E-state index >= 15 is 0 Å². The molecule has 0 fully saturated rings. The quantitative estimate of drug-likeness (QED) is 0.425. The van der Waals surface area contributed by atoms with Crippen LogP contribution in [0, 0.1) is 0 Å². The maximum Gasteiger partial charge on any atom is 0.250 e. The van der Waals surface area contributed by atoms with Crippen molar-refractivity contribution in [3.8, 4) is 28.7 Å².